The van der Waals surface area contributed by atoms with Crippen molar-refractivity contribution in [3.8, 4) is 5.75 Å². The van der Waals surface area contributed by atoms with E-state index in [-0.39, 0.29) is 5.54 Å². The fourth-order valence-corrected chi connectivity index (χ4v) is 3.81. The van der Waals surface area contributed by atoms with Crippen molar-refractivity contribution in [3.05, 3.63) is 28.3 Å². The SMILES string of the molecule is CCC(CC)(C(O)Cc1cc(Cl)cc2c1OCC2)N(C)C. The van der Waals surface area contributed by atoms with Gasteiger partial charge in [0.05, 0.1) is 12.7 Å². The fourth-order valence-electron chi connectivity index (χ4n) is 3.55. The smallest absolute Gasteiger partial charge is 0.126 e. The van der Waals surface area contributed by atoms with Crippen LogP contribution in [0.25, 0.3) is 0 Å². The first-order chi connectivity index (χ1) is 9.94. The molecule has 3 nitrogen and oxygen atoms in total. The third kappa shape index (κ3) is 3.05. The van der Waals surface area contributed by atoms with Crippen molar-refractivity contribution in [1.29, 1.82) is 0 Å². The predicted octanol–water partition coefficient (Wildman–Crippen LogP) is 3.30. The Kier molecular flexibility index (Phi) is 5.18. The second-order valence-corrected chi connectivity index (χ2v) is 6.51. The summed E-state index contributed by atoms with van der Waals surface area (Å²) in [6, 6.07) is 3.90. The van der Waals surface area contributed by atoms with Crippen LogP contribution in [0.5, 0.6) is 5.75 Å². The van der Waals surface area contributed by atoms with E-state index in [0.29, 0.717) is 13.0 Å². The molecule has 0 saturated heterocycles. The molecule has 0 saturated carbocycles. The topological polar surface area (TPSA) is 32.7 Å². The van der Waals surface area contributed by atoms with Gasteiger partial charge in [0.1, 0.15) is 5.75 Å². The molecule has 0 bridgehead atoms. The van der Waals surface area contributed by atoms with Crippen molar-refractivity contribution in [2.24, 2.45) is 0 Å². The summed E-state index contributed by atoms with van der Waals surface area (Å²) in [5.74, 6) is 0.929. The summed E-state index contributed by atoms with van der Waals surface area (Å²) in [5.41, 5.74) is 1.97. The first-order valence-electron chi connectivity index (χ1n) is 7.74. The third-order valence-corrected chi connectivity index (χ3v) is 5.19. The van der Waals surface area contributed by atoms with Crippen LogP contribution in [0.3, 0.4) is 0 Å². The molecule has 0 amide bonds. The Morgan fingerprint density at radius 2 is 2.00 bits per heavy atom. The standard InChI is InChI=1S/C17H26ClNO2/c1-5-17(6-2,19(3)4)15(20)11-13-10-14(18)9-12-7-8-21-16(12)13/h9-10,15,20H,5-8,11H2,1-4H3. The Hall–Kier alpha value is -0.770. The first kappa shape index (κ1) is 16.6. The van der Waals surface area contributed by atoms with E-state index in [9.17, 15) is 5.11 Å². The number of fused-ring (bicyclic) bond motifs is 1. The molecule has 0 spiro atoms. The Balaban J connectivity index is 2.29. The summed E-state index contributed by atoms with van der Waals surface area (Å²) in [4.78, 5) is 2.14. The van der Waals surface area contributed by atoms with E-state index in [0.717, 1.165) is 41.2 Å². The minimum atomic E-state index is -0.450. The molecule has 0 aromatic heterocycles. The highest BCUT2D eigenvalue weighted by atomic mass is 35.5. The average Bonchev–Trinajstić information content (AvgIpc) is 2.88. The molecule has 2 rings (SSSR count). The van der Waals surface area contributed by atoms with Gasteiger partial charge in [0.2, 0.25) is 0 Å². The summed E-state index contributed by atoms with van der Waals surface area (Å²) in [7, 11) is 4.07. The minimum Gasteiger partial charge on any atom is -0.493 e. The Labute approximate surface area is 132 Å². The van der Waals surface area contributed by atoms with E-state index in [1.165, 1.54) is 0 Å². The van der Waals surface area contributed by atoms with E-state index >= 15 is 0 Å². The van der Waals surface area contributed by atoms with Crippen LogP contribution in [0.4, 0.5) is 0 Å². The van der Waals surface area contributed by atoms with Crippen LogP contribution in [0.15, 0.2) is 12.1 Å². The highest BCUT2D eigenvalue weighted by Crippen LogP contribution is 2.36. The lowest BCUT2D eigenvalue weighted by atomic mass is 9.82. The molecule has 1 aliphatic heterocycles. The molecular weight excluding hydrogens is 286 g/mol. The van der Waals surface area contributed by atoms with Crippen molar-refractivity contribution in [2.45, 2.75) is 51.2 Å². The number of aliphatic hydroxyl groups excluding tert-OH is 1. The number of hydrogen-bond donors (Lipinski definition) is 1. The molecule has 0 radical (unpaired) electrons. The molecule has 1 unspecified atom stereocenters. The van der Waals surface area contributed by atoms with Gasteiger partial charge in [0, 0.05) is 23.4 Å². The van der Waals surface area contributed by atoms with Crippen molar-refractivity contribution >= 4 is 11.6 Å². The minimum absolute atomic E-state index is 0.214. The predicted molar refractivity (Wildman–Crippen MR) is 87.4 cm³/mol. The number of ether oxygens (including phenoxy) is 1. The highest BCUT2D eigenvalue weighted by Gasteiger charge is 2.37. The quantitative estimate of drug-likeness (QED) is 0.875. The molecule has 1 atom stereocenters. The molecule has 1 aromatic rings. The van der Waals surface area contributed by atoms with E-state index in [1.54, 1.807) is 0 Å². The lowest BCUT2D eigenvalue weighted by molar-refractivity contribution is -0.0128. The maximum Gasteiger partial charge on any atom is 0.126 e. The summed E-state index contributed by atoms with van der Waals surface area (Å²) < 4.78 is 5.74. The van der Waals surface area contributed by atoms with Gasteiger partial charge in [-0.2, -0.15) is 0 Å². The lowest BCUT2D eigenvalue weighted by Gasteiger charge is -2.42. The molecule has 1 aliphatic rings. The van der Waals surface area contributed by atoms with Gasteiger partial charge in [-0.05, 0) is 50.2 Å². The van der Waals surface area contributed by atoms with Gasteiger partial charge in [-0.25, -0.2) is 0 Å². The lowest BCUT2D eigenvalue weighted by Crippen LogP contribution is -2.53. The number of nitrogens with zero attached hydrogens (tertiary/aromatic N) is 1. The summed E-state index contributed by atoms with van der Waals surface area (Å²) in [6.07, 6.45) is 2.83. The van der Waals surface area contributed by atoms with E-state index in [1.807, 2.05) is 26.2 Å². The van der Waals surface area contributed by atoms with Gasteiger partial charge in [-0.15, -0.1) is 0 Å². The zero-order valence-corrected chi connectivity index (χ0v) is 14.2. The largest absolute Gasteiger partial charge is 0.493 e. The Morgan fingerprint density at radius 1 is 1.33 bits per heavy atom. The Bertz CT molecular complexity index is 498. The van der Waals surface area contributed by atoms with Gasteiger partial charge < -0.3 is 14.7 Å². The number of rotatable bonds is 6. The second kappa shape index (κ2) is 6.55. The molecule has 0 fully saturated rings. The summed E-state index contributed by atoms with van der Waals surface area (Å²) in [6.45, 7) is 4.97. The average molecular weight is 312 g/mol. The van der Waals surface area contributed by atoms with E-state index < -0.39 is 6.10 Å². The normalized spacial score (nSPS) is 16.0. The second-order valence-electron chi connectivity index (χ2n) is 6.08. The first-order valence-corrected chi connectivity index (χ1v) is 8.12. The van der Waals surface area contributed by atoms with Crippen molar-refractivity contribution in [2.75, 3.05) is 20.7 Å². The maximum absolute atomic E-state index is 10.9. The van der Waals surface area contributed by atoms with Crippen LogP contribution in [-0.2, 0) is 12.8 Å². The molecular formula is C17H26ClNO2. The molecule has 1 N–H and O–H groups in total. The Morgan fingerprint density at radius 3 is 2.57 bits per heavy atom. The zero-order chi connectivity index (χ0) is 15.6. The monoisotopic (exact) mass is 311 g/mol. The number of likely N-dealkylation sites (N-methyl/N-ethyl adjacent to an activating group) is 1. The number of hydrogen-bond acceptors (Lipinski definition) is 3. The fraction of sp³-hybridized carbons (Fsp3) is 0.647. The number of aliphatic hydroxyl groups is 1. The van der Waals surface area contributed by atoms with Crippen LogP contribution < -0.4 is 4.74 Å². The molecule has 1 heterocycles. The third-order valence-electron chi connectivity index (χ3n) is 4.97. The van der Waals surface area contributed by atoms with Gasteiger partial charge >= 0.3 is 0 Å². The van der Waals surface area contributed by atoms with Gasteiger partial charge in [-0.3, -0.25) is 0 Å². The van der Waals surface area contributed by atoms with Crippen molar-refractivity contribution in [3.63, 3.8) is 0 Å². The number of benzene rings is 1. The summed E-state index contributed by atoms with van der Waals surface area (Å²) >= 11 is 6.21. The summed E-state index contributed by atoms with van der Waals surface area (Å²) in [5, 5.41) is 11.6. The molecule has 21 heavy (non-hydrogen) atoms. The number of halogens is 1. The van der Waals surface area contributed by atoms with E-state index in [2.05, 4.69) is 18.7 Å². The van der Waals surface area contributed by atoms with Gasteiger partial charge in [0.15, 0.2) is 0 Å². The van der Waals surface area contributed by atoms with Crippen molar-refractivity contribution < 1.29 is 9.84 Å². The van der Waals surface area contributed by atoms with Crippen LogP contribution in [0.1, 0.15) is 37.8 Å². The van der Waals surface area contributed by atoms with Crippen LogP contribution in [0.2, 0.25) is 5.02 Å². The molecule has 0 aliphatic carbocycles. The van der Waals surface area contributed by atoms with Crippen LogP contribution in [-0.4, -0.2) is 42.4 Å². The molecule has 4 heteroatoms. The molecule has 1 aromatic carbocycles. The van der Waals surface area contributed by atoms with Crippen molar-refractivity contribution in [1.82, 2.24) is 4.90 Å². The highest BCUT2D eigenvalue weighted by molar-refractivity contribution is 6.30. The van der Waals surface area contributed by atoms with Gasteiger partial charge in [-0.1, -0.05) is 25.4 Å². The van der Waals surface area contributed by atoms with Crippen LogP contribution in [0, 0.1) is 0 Å². The zero-order valence-electron chi connectivity index (χ0n) is 13.4. The van der Waals surface area contributed by atoms with E-state index in [4.69, 9.17) is 16.3 Å². The maximum atomic E-state index is 10.9. The molecule has 118 valence electrons. The van der Waals surface area contributed by atoms with Gasteiger partial charge in [0.25, 0.3) is 0 Å². The van der Waals surface area contributed by atoms with Crippen LogP contribution >= 0.6 is 11.6 Å².